The van der Waals surface area contributed by atoms with Gasteiger partial charge < -0.3 is 10.8 Å². The summed E-state index contributed by atoms with van der Waals surface area (Å²) >= 11 is 5.91. The van der Waals surface area contributed by atoms with Crippen molar-refractivity contribution < 1.29 is 5.11 Å². The van der Waals surface area contributed by atoms with Gasteiger partial charge in [-0.3, -0.25) is 4.40 Å². The summed E-state index contributed by atoms with van der Waals surface area (Å²) in [5.74, 6) is 0.800. The van der Waals surface area contributed by atoms with E-state index in [-0.39, 0.29) is 11.8 Å². The van der Waals surface area contributed by atoms with Crippen molar-refractivity contribution in [3.8, 4) is 5.75 Å². The highest BCUT2D eigenvalue weighted by atomic mass is 35.5. The molecule has 1 unspecified atom stereocenters. The van der Waals surface area contributed by atoms with Crippen LogP contribution in [0.4, 0.5) is 0 Å². The second-order valence-electron chi connectivity index (χ2n) is 3.19. The van der Waals surface area contributed by atoms with Gasteiger partial charge in [0.15, 0.2) is 5.15 Å². The predicted molar refractivity (Wildman–Crippen MR) is 54.5 cm³/mol. The quantitative estimate of drug-likeness (QED) is 0.755. The molecule has 4 nitrogen and oxygen atoms in total. The highest BCUT2D eigenvalue weighted by molar-refractivity contribution is 6.32. The van der Waals surface area contributed by atoms with E-state index in [0.29, 0.717) is 11.0 Å². The zero-order valence-electron chi connectivity index (χ0n) is 7.61. The van der Waals surface area contributed by atoms with E-state index in [2.05, 4.69) is 4.98 Å². The average Bonchev–Trinajstić information content (AvgIpc) is 2.43. The lowest BCUT2D eigenvalue weighted by atomic mass is 10.3. The van der Waals surface area contributed by atoms with Crippen molar-refractivity contribution in [2.45, 2.75) is 13.0 Å². The molecule has 3 N–H and O–H groups in total. The van der Waals surface area contributed by atoms with E-state index < -0.39 is 0 Å². The number of hydrogen-bond acceptors (Lipinski definition) is 3. The first-order chi connectivity index (χ1) is 6.59. The molecule has 5 heteroatoms. The van der Waals surface area contributed by atoms with Crippen molar-refractivity contribution in [2.24, 2.45) is 5.73 Å². The first-order valence-electron chi connectivity index (χ1n) is 4.21. The number of aromatic hydroxyl groups is 1. The number of nitrogens with two attached hydrogens (primary N) is 1. The molecule has 0 aliphatic carbocycles. The highest BCUT2D eigenvalue weighted by Crippen LogP contribution is 2.23. The van der Waals surface area contributed by atoms with Crippen LogP contribution in [0.25, 0.3) is 5.52 Å². The molecule has 14 heavy (non-hydrogen) atoms. The fraction of sp³-hybridized carbons (Fsp3) is 0.222. The molecule has 1 atom stereocenters. The van der Waals surface area contributed by atoms with Crippen LogP contribution in [0.5, 0.6) is 5.75 Å². The van der Waals surface area contributed by atoms with E-state index in [9.17, 15) is 5.11 Å². The molecule has 0 saturated carbocycles. The van der Waals surface area contributed by atoms with Gasteiger partial charge in [-0.1, -0.05) is 11.6 Å². The minimum absolute atomic E-state index is 0.161. The lowest BCUT2D eigenvalue weighted by Gasteiger charge is -2.03. The van der Waals surface area contributed by atoms with E-state index in [0.717, 1.165) is 5.52 Å². The highest BCUT2D eigenvalue weighted by Gasteiger charge is 2.12. The van der Waals surface area contributed by atoms with Crippen molar-refractivity contribution in [2.75, 3.05) is 0 Å². The average molecular weight is 212 g/mol. The van der Waals surface area contributed by atoms with Crippen LogP contribution in [0.3, 0.4) is 0 Å². The van der Waals surface area contributed by atoms with Gasteiger partial charge in [0, 0.05) is 0 Å². The summed E-state index contributed by atoms with van der Waals surface area (Å²) in [7, 11) is 0. The summed E-state index contributed by atoms with van der Waals surface area (Å²) < 4.78 is 1.70. The standard InChI is InChI=1S/C9H10ClN3O/c1-5(11)9-12-8(10)7-3-2-6(14)4-13(7)9/h2-5,14H,11H2,1H3. The second-order valence-corrected chi connectivity index (χ2v) is 3.55. The lowest BCUT2D eigenvalue weighted by Crippen LogP contribution is -2.09. The number of pyridine rings is 1. The molecule has 2 heterocycles. The van der Waals surface area contributed by atoms with Gasteiger partial charge in [-0.15, -0.1) is 0 Å². The Labute approximate surface area is 85.9 Å². The molecule has 0 spiro atoms. The normalized spacial score (nSPS) is 13.4. The molecular formula is C9H10ClN3O. The lowest BCUT2D eigenvalue weighted by molar-refractivity contribution is 0.471. The van der Waals surface area contributed by atoms with Gasteiger partial charge in [0.1, 0.15) is 11.6 Å². The van der Waals surface area contributed by atoms with Crippen molar-refractivity contribution in [3.63, 3.8) is 0 Å². The SMILES string of the molecule is CC(N)c1nc(Cl)c2ccc(O)cn12. The summed E-state index contributed by atoms with van der Waals surface area (Å²) in [4.78, 5) is 4.12. The van der Waals surface area contributed by atoms with Gasteiger partial charge in [0.05, 0.1) is 17.8 Å². The largest absolute Gasteiger partial charge is 0.506 e. The zero-order valence-corrected chi connectivity index (χ0v) is 8.36. The number of nitrogens with zero attached hydrogens (tertiary/aromatic N) is 2. The molecule has 0 aromatic carbocycles. The van der Waals surface area contributed by atoms with Gasteiger partial charge >= 0.3 is 0 Å². The summed E-state index contributed by atoms with van der Waals surface area (Å²) in [6.45, 7) is 1.81. The van der Waals surface area contributed by atoms with Crippen molar-refractivity contribution >= 4 is 17.1 Å². The van der Waals surface area contributed by atoms with Crippen LogP contribution in [0, 0.1) is 0 Å². The van der Waals surface area contributed by atoms with Crippen molar-refractivity contribution in [1.82, 2.24) is 9.38 Å². The third kappa shape index (κ3) is 1.32. The fourth-order valence-electron chi connectivity index (χ4n) is 1.38. The fourth-order valence-corrected chi connectivity index (χ4v) is 1.62. The van der Waals surface area contributed by atoms with Crippen molar-refractivity contribution in [3.05, 3.63) is 29.3 Å². The Hall–Kier alpha value is -1.26. The number of halogens is 1. The molecule has 2 aromatic heterocycles. The summed E-state index contributed by atoms with van der Waals surface area (Å²) in [5.41, 5.74) is 6.47. The Morgan fingerprint density at radius 2 is 2.29 bits per heavy atom. The number of rotatable bonds is 1. The molecule has 74 valence electrons. The smallest absolute Gasteiger partial charge is 0.155 e. The molecule has 0 aliphatic heterocycles. The van der Waals surface area contributed by atoms with Gasteiger partial charge in [0.25, 0.3) is 0 Å². The molecule has 0 saturated heterocycles. The monoisotopic (exact) mass is 211 g/mol. The van der Waals surface area contributed by atoms with Crippen LogP contribution >= 0.6 is 11.6 Å². The molecule has 0 bridgehead atoms. The second kappa shape index (κ2) is 3.15. The third-order valence-corrected chi connectivity index (χ3v) is 2.29. The molecule has 2 rings (SSSR count). The van der Waals surface area contributed by atoms with Crippen LogP contribution < -0.4 is 5.73 Å². The minimum atomic E-state index is -0.225. The van der Waals surface area contributed by atoms with Crippen LogP contribution in [-0.2, 0) is 0 Å². The molecular weight excluding hydrogens is 202 g/mol. The Balaban J connectivity index is 2.79. The maximum absolute atomic E-state index is 9.31. The summed E-state index contributed by atoms with van der Waals surface area (Å²) in [5, 5.41) is 9.71. The van der Waals surface area contributed by atoms with Crippen LogP contribution in [0.2, 0.25) is 5.15 Å². The Kier molecular flexibility index (Phi) is 2.09. The Morgan fingerprint density at radius 3 is 2.93 bits per heavy atom. The van der Waals surface area contributed by atoms with Crippen LogP contribution in [-0.4, -0.2) is 14.5 Å². The molecule has 0 radical (unpaired) electrons. The Bertz CT molecular complexity index is 478. The van der Waals surface area contributed by atoms with Gasteiger partial charge in [0.2, 0.25) is 0 Å². The number of fused-ring (bicyclic) bond motifs is 1. The van der Waals surface area contributed by atoms with Crippen LogP contribution in [0.15, 0.2) is 18.3 Å². The number of hydrogen-bond donors (Lipinski definition) is 2. The number of imidazole rings is 1. The van der Waals surface area contributed by atoms with E-state index in [1.165, 1.54) is 0 Å². The van der Waals surface area contributed by atoms with E-state index in [1.54, 1.807) is 22.7 Å². The van der Waals surface area contributed by atoms with E-state index in [4.69, 9.17) is 17.3 Å². The Morgan fingerprint density at radius 1 is 1.57 bits per heavy atom. The topological polar surface area (TPSA) is 63.5 Å². The maximum atomic E-state index is 9.31. The van der Waals surface area contributed by atoms with E-state index in [1.807, 2.05) is 6.92 Å². The summed E-state index contributed by atoms with van der Waals surface area (Å²) in [6.07, 6.45) is 1.55. The molecule has 0 fully saturated rings. The molecule has 0 amide bonds. The van der Waals surface area contributed by atoms with Gasteiger partial charge in [-0.05, 0) is 19.1 Å². The first kappa shape index (κ1) is 9.30. The summed E-state index contributed by atoms with van der Waals surface area (Å²) in [6, 6.07) is 3.04. The molecule has 2 aromatic rings. The molecule has 0 aliphatic rings. The maximum Gasteiger partial charge on any atom is 0.155 e. The zero-order chi connectivity index (χ0) is 10.3. The van der Waals surface area contributed by atoms with Gasteiger partial charge in [-0.25, -0.2) is 4.98 Å². The van der Waals surface area contributed by atoms with Crippen LogP contribution in [0.1, 0.15) is 18.8 Å². The minimum Gasteiger partial charge on any atom is -0.506 e. The third-order valence-electron chi connectivity index (χ3n) is 2.01. The number of aromatic nitrogens is 2. The van der Waals surface area contributed by atoms with Gasteiger partial charge in [-0.2, -0.15) is 0 Å². The first-order valence-corrected chi connectivity index (χ1v) is 4.59. The van der Waals surface area contributed by atoms with E-state index >= 15 is 0 Å². The van der Waals surface area contributed by atoms with Crippen molar-refractivity contribution in [1.29, 1.82) is 0 Å². The predicted octanol–water partition coefficient (Wildman–Crippen LogP) is 1.71.